The number of pyridine rings is 1. The Kier molecular flexibility index (Phi) is 13.3. The van der Waals surface area contributed by atoms with E-state index in [0.717, 1.165) is 22.3 Å². The maximum absolute atomic E-state index is 13.4. The Morgan fingerprint density at radius 3 is 2.17 bits per heavy atom. The van der Waals surface area contributed by atoms with Crippen molar-refractivity contribution in [1.29, 1.82) is 0 Å². The summed E-state index contributed by atoms with van der Waals surface area (Å²) < 4.78 is 24.3. The number of para-hydroxylation sites is 1. The number of carbonyl (C=O) groups is 7. The van der Waals surface area contributed by atoms with Gasteiger partial charge in [-0.05, 0) is 78.8 Å². The summed E-state index contributed by atoms with van der Waals surface area (Å²) >= 11 is 0. The Bertz CT molecular complexity index is 2890. The second-order valence-electron chi connectivity index (χ2n) is 17.6. The van der Waals surface area contributed by atoms with E-state index >= 15 is 0 Å². The summed E-state index contributed by atoms with van der Waals surface area (Å²) in [4.78, 5) is 97.0. The number of hydrogen-bond acceptors (Lipinski definition) is 15. The molecule has 3 N–H and O–H groups in total. The summed E-state index contributed by atoms with van der Waals surface area (Å²) in [5.41, 5.74) is 4.40. The molecule has 0 radical (unpaired) electrons. The fourth-order valence-electron chi connectivity index (χ4n) is 10.00. The number of allylic oxidation sites excluding steroid dienone is 2. The first-order chi connectivity index (χ1) is 34.1. The lowest BCUT2D eigenvalue weighted by Crippen LogP contribution is -2.54. The largest absolute Gasteiger partial charge is 0.382 e. The minimum atomic E-state index is -1.03. The van der Waals surface area contributed by atoms with Crippen LogP contribution < -0.4 is 20.9 Å². The van der Waals surface area contributed by atoms with Crippen LogP contribution in [0.25, 0.3) is 10.9 Å². The predicted molar refractivity (Wildman–Crippen MR) is 249 cm³/mol. The quantitative estimate of drug-likeness (QED) is 0.0542. The van der Waals surface area contributed by atoms with Crippen LogP contribution in [0.15, 0.2) is 91.3 Å². The molecule has 7 amide bonds. The number of fused-ring (bicyclic) bond motifs is 7. The number of nitrogens with zero attached hydrogens (tertiary/aromatic N) is 6. The summed E-state index contributed by atoms with van der Waals surface area (Å²) in [6.07, 6.45) is 8.62. The standard InChI is InChI=1S/C50H49N9O11/c60-40-14-13-39(46(62)54-40)59-47(63)36-4-2-5-37(43(36)50(59)66)51-17-18-67-19-20-68-21-22-69-23-24-70-28-33-27-57(56-55-33)26-32-15-16-52-44-35(32)3-1-6-38(44)53-45(61)29-9-11-34(12-10-29)58-48(64)41-30-7-8-31(25-30)42(41)49(58)65/h1-12,15-16,27,30-31,39,41-42,51H,13-14,17-26,28H2,(H,53,61)(H,54,60,62)/t30-,31?,39?,41-,42+/m0/s1. The maximum Gasteiger partial charge on any atom is 0.264 e. The molecule has 0 spiro atoms. The van der Waals surface area contributed by atoms with Crippen molar-refractivity contribution in [2.45, 2.75) is 38.5 Å². The monoisotopic (exact) mass is 951 g/mol. The van der Waals surface area contributed by atoms with Crippen LogP contribution in [0.2, 0.25) is 0 Å². The summed E-state index contributed by atoms with van der Waals surface area (Å²) in [5, 5.41) is 17.7. The minimum Gasteiger partial charge on any atom is -0.382 e. The van der Waals surface area contributed by atoms with Gasteiger partial charge in [0.15, 0.2) is 0 Å². The van der Waals surface area contributed by atoms with Crippen molar-refractivity contribution in [3.05, 3.63) is 119 Å². The Morgan fingerprint density at radius 2 is 1.44 bits per heavy atom. The smallest absolute Gasteiger partial charge is 0.264 e. The second-order valence-corrected chi connectivity index (χ2v) is 17.6. The first-order valence-electron chi connectivity index (χ1n) is 23.3. The van der Waals surface area contributed by atoms with Gasteiger partial charge in [0.25, 0.3) is 17.7 Å². The molecular formula is C50H49N9O11. The molecule has 5 aromatic rings. The minimum absolute atomic E-state index is 0.0508. The number of ether oxygens (including phenoxy) is 4. The first kappa shape index (κ1) is 46.2. The molecule has 5 heterocycles. The zero-order chi connectivity index (χ0) is 48.3. The van der Waals surface area contributed by atoms with Crippen molar-refractivity contribution in [3.63, 3.8) is 0 Å². The molecule has 3 aromatic carbocycles. The van der Waals surface area contributed by atoms with Gasteiger partial charge in [-0.1, -0.05) is 35.6 Å². The van der Waals surface area contributed by atoms with E-state index in [2.05, 4.69) is 43.4 Å². The normalized spacial score (nSPS) is 21.3. The molecule has 20 nitrogen and oxygen atoms in total. The molecule has 2 unspecified atom stereocenters. The fraction of sp³-hybridized carbons (Fsp3) is 0.360. The number of amides is 7. The predicted octanol–water partition coefficient (Wildman–Crippen LogP) is 3.52. The highest BCUT2D eigenvalue weighted by Crippen LogP contribution is 2.53. The lowest BCUT2D eigenvalue weighted by Gasteiger charge is -2.27. The Labute approximate surface area is 400 Å². The van der Waals surface area contributed by atoms with Crippen LogP contribution in [0, 0.1) is 23.7 Å². The van der Waals surface area contributed by atoms with E-state index in [1.54, 1.807) is 65.6 Å². The average Bonchev–Trinajstić information content (AvgIpc) is 4.20. The van der Waals surface area contributed by atoms with Crippen molar-refractivity contribution < 1.29 is 52.5 Å². The van der Waals surface area contributed by atoms with Crippen molar-refractivity contribution >= 4 is 69.3 Å². The Hall–Kier alpha value is -7.52. The van der Waals surface area contributed by atoms with Gasteiger partial charge in [-0.25, -0.2) is 4.68 Å². The maximum atomic E-state index is 13.4. The molecule has 2 bridgehead atoms. The molecule has 2 aromatic heterocycles. The van der Waals surface area contributed by atoms with E-state index in [1.807, 2.05) is 18.2 Å². The van der Waals surface area contributed by atoms with E-state index in [1.165, 1.54) is 4.90 Å². The molecule has 5 atom stereocenters. The van der Waals surface area contributed by atoms with Gasteiger partial charge in [-0.2, -0.15) is 0 Å². The number of anilines is 3. The van der Waals surface area contributed by atoms with Crippen LogP contribution in [0.3, 0.4) is 0 Å². The van der Waals surface area contributed by atoms with E-state index in [4.69, 9.17) is 18.9 Å². The van der Waals surface area contributed by atoms with E-state index in [-0.39, 0.29) is 72.0 Å². The third-order valence-corrected chi connectivity index (χ3v) is 13.3. The van der Waals surface area contributed by atoms with E-state index < -0.39 is 29.7 Å². The number of piperidine rings is 1. The second kappa shape index (κ2) is 20.2. The molecule has 1 saturated carbocycles. The third kappa shape index (κ3) is 9.20. The third-order valence-electron chi connectivity index (χ3n) is 13.3. The number of aromatic nitrogens is 4. The van der Waals surface area contributed by atoms with Crippen LogP contribution in [-0.4, -0.2) is 125 Å². The Morgan fingerprint density at radius 1 is 0.757 bits per heavy atom. The summed E-state index contributed by atoms with van der Waals surface area (Å²) in [6, 6.07) is 17.8. The molecule has 70 heavy (non-hydrogen) atoms. The van der Waals surface area contributed by atoms with Crippen molar-refractivity contribution in [3.8, 4) is 0 Å². The van der Waals surface area contributed by atoms with Crippen LogP contribution >= 0.6 is 0 Å². The number of benzene rings is 3. The van der Waals surface area contributed by atoms with E-state index in [9.17, 15) is 33.6 Å². The molecule has 3 fully saturated rings. The number of hydrogen-bond donors (Lipinski definition) is 3. The van der Waals surface area contributed by atoms with Gasteiger partial charge in [-0.3, -0.25) is 53.7 Å². The van der Waals surface area contributed by atoms with Crippen molar-refractivity contribution in [1.82, 2.24) is 30.2 Å². The van der Waals surface area contributed by atoms with Gasteiger partial charge < -0.3 is 29.6 Å². The van der Waals surface area contributed by atoms with Crippen LogP contribution in [0.5, 0.6) is 0 Å². The number of imide groups is 3. The highest BCUT2D eigenvalue weighted by Gasteiger charge is 2.59. The van der Waals surface area contributed by atoms with Gasteiger partial charge in [0.05, 0.1) is 105 Å². The Balaban J connectivity index is 0.601. The number of rotatable bonds is 21. The van der Waals surface area contributed by atoms with Crippen LogP contribution in [0.4, 0.5) is 17.1 Å². The highest BCUT2D eigenvalue weighted by atomic mass is 16.6. The molecule has 5 aliphatic rings. The molecule has 3 aliphatic heterocycles. The number of carbonyl (C=O) groups excluding carboxylic acids is 7. The van der Waals surface area contributed by atoms with E-state index in [0.29, 0.717) is 93.2 Å². The zero-order valence-corrected chi connectivity index (χ0v) is 37.9. The van der Waals surface area contributed by atoms with Crippen LogP contribution in [-0.2, 0) is 51.3 Å². The molecule has 10 rings (SSSR count). The molecule has 2 saturated heterocycles. The van der Waals surface area contributed by atoms with Gasteiger partial charge in [0.2, 0.25) is 23.6 Å². The summed E-state index contributed by atoms with van der Waals surface area (Å²) in [7, 11) is 0. The lowest BCUT2D eigenvalue weighted by atomic mass is 9.85. The van der Waals surface area contributed by atoms with Gasteiger partial charge in [-0.15, -0.1) is 5.10 Å². The highest BCUT2D eigenvalue weighted by molar-refractivity contribution is 6.26. The average molecular weight is 952 g/mol. The summed E-state index contributed by atoms with van der Waals surface area (Å²) in [6.45, 7) is 3.43. The van der Waals surface area contributed by atoms with Gasteiger partial charge >= 0.3 is 0 Å². The van der Waals surface area contributed by atoms with Crippen molar-refractivity contribution in [2.24, 2.45) is 23.7 Å². The molecule has 2 aliphatic carbocycles. The molecule has 20 heteroatoms. The fourth-order valence-corrected chi connectivity index (χ4v) is 10.00. The van der Waals surface area contributed by atoms with Gasteiger partial charge in [0, 0.05) is 35.8 Å². The molecule has 360 valence electrons. The topological polar surface area (TPSA) is 243 Å². The molecular weight excluding hydrogens is 903 g/mol. The zero-order valence-electron chi connectivity index (χ0n) is 37.9. The van der Waals surface area contributed by atoms with Crippen LogP contribution in [0.1, 0.15) is 61.6 Å². The first-order valence-corrected chi connectivity index (χ1v) is 23.3. The number of nitrogens with one attached hydrogen (secondary N) is 3. The lowest BCUT2D eigenvalue weighted by molar-refractivity contribution is -0.136. The van der Waals surface area contributed by atoms with Crippen molar-refractivity contribution in [2.75, 3.05) is 68.3 Å². The summed E-state index contributed by atoms with van der Waals surface area (Å²) in [5.74, 6) is -3.24. The SMILES string of the molecule is O=C1CCC(N2C(=O)c3cccc(NCCOCCOCCOCCOCc4cn(Cc5ccnc6c(NC(=O)c7ccc(N8C(=O)[C@@H]9[C@H](C8=O)C8C=C[C@H]9C8)cc7)cccc56)nn4)c3C2=O)C(=O)N1. The van der Waals surface area contributed by atoms with Gasteiger partial charge in [0.1, 0.15) is 11.7 Å².